The van der Waals surface area contributed by atoms with Gasteiger partial charge in [0.15, 0.2) is 6.29 Å². The third-order valence-corrected chi connectivity index (χ3v) is 7.19. The lowest BCUT2D eigenvalue weighted by atomic mass is 10.0. The number of aryl methyl sites for hydroxylation is 1. The number of urea groups is 1. The highest BCUT2D eigenvalue weighted by Gasteiger charge is 2.44. The summed E-state index contributed by atoms with van der Waals surface area (Å²) in [6.07, 6.45) is 5.16. The number of hydrogen-bond acceptors (Lipinski definition) is 10. The summed E-state index contributed by atoms with van der Waals surface area (Å²) in [4.78, 5) is 48.6. The molecule has 0 bridgehead atoms. The number of methoxy groups -OCH3 is 1. The number of aromatic nitrogens is 2. The molecule has 39 heavy (non-hydrogen) atoms. The van der Waals surface area contributed by atoms with Crippen LogP contribution >= 0.6 is 0 Å². The van der Waals surface area contributed by atoms with Gasteiger partial charge in [-0.05, 0) is 37.3 Å². The number of fused-ring (bicyclic) bond motifs is 1. The molecule has 5 rings (SSSR count). The van der Waals surface area contributed by atoms with Gasteiger partial charge in [0, 0.05) is 38.4 Å². The summed E-state index contributed by atoms with van der Waals surface area (Å²) in [6.45, 7) is 2.17. The monoisotopic (exact) mass is 532 g/mol. The zero-order valence-electron chi connectivity index (χ0n) is 21.6. The van der Waals surface area contributed by atoms with Crippen molar-refractivity contribution in [3.63, 3.8) is 0 Å². The Morgan fingerprint density at radius 2 is 2.18 bits per heavy atom. The number of amides is 2. The molecule has 2 aromatic heterocycles. The molecule has 1 saturated carbocycles. The molecule has 202 valence electrons. The zero-order valence-corrected chi connectivity index (χ0v) is 21.6. The van der Waals surface area contributed by atoms with E-state index >= 15 is 0 Å². The highest BCUT2D eigenvalue weighted by molar-refractivity contribution is 6.01. The first-order chi connectivity index (χ1) is 19.0. The lowest BCUT2D eigenvalue weighted by molar-refractivity contribution is 0.0369. The van der Waals surface area contributed by atoms with Crippen LogP contribution in [0, 0.1) is 11.3 Å². The fraction of sp³-hybridized carbons (Fsp3) is 0.444. The van der Waals surface area contributed by atoms with Crippen LogP contribution in [-0.2, 0) is 27.2 Å². The fourth-order valence-corrected chi connectivity index (χ4v) is 4.67. The number of aldehydes is 1. The van der Waals surface area contributed by atoms with Crippen molar-refractivity contribution in [2.45, 2.75) is 37.8 Å². The zero-order chi connectivity index (χ0) is 27.4. The van der Waals surface area contributed by atoms with Crippen LogP contribution in [0.3, 0.4) is 0 Å². The molecule has 2 aromatic rings. The van der Waals surface area contributed by atoms with Crippen LogP contribution in [0.25, 0.3) is 0 Å². The van der Waals surface area contributed by atoms with Gasteiger partial charge in [0.25, 0.3) is 0 Å². The molecule has 0 radical (unpaired) electrons. The Hall–Kier alpha value is -4.30. The van der Waals surface area contributed by atoms with Crippen molar-refractivity contribution in [2.24, 2.45) is 0 Å². The largest absolute Gasteiger partial charge is 0.489 e. The molecule has 12 nitrogen and oxygen atoms in total. The number of hydrogen-bond donors (Lipinski definition) is 1. The smallest absolute Gasteiger partial charge is 0.328 e. The van der Waals surface area contributed by atoms with Crippen molar-refractivity contribution in [3.8, 4) is 11.8 Å². The number of nitrogens with one attached hydrogen (secondary N) is 1. The molecular formula is C27H28N6O6. The van der Waals surface area contributed by atoms with Crippen molar-refractivity contribution in [1.29, 1.82) is 5.26 Å². The van der Waals surface area contributed by atoms with Gasteiger partial charge in [0.2, 0.25) is 0 Å². The number of nitrogens with zero attached hydrogens (tertiary/aromatic N) is 5. The van der Waals surface area contributed by atoms with Gasteiger partial charge < -0.3 is 19.1 Å². The maximum atomic E-state index is 13.3. The summed E-state index contributed by atoms with van der Waals surface area (Å²) < 4.78 is 16.6. The maximum absolute atomic E-state index is 13.3. The summed E-state index contributed by atoms with van der Waals surface area (Å²) in [5.74, 6) is 2.84. The minimum atomic E-state index is -0.467. The average Bonchev–Trinajstić information content (AvgIpc) is 3.76. The van der Waals surface area contributed by atoms with Gasteiger partial charge in [-0.25, -0.2) is 19.6 Å². The van der Waals surface area contributed by atoms with E-state index in [0.717, 1.165) is 18.4 Å². The molecule has 12 heteroatoms. The van der Waals surface area contributed by atoms with Crippen LogP contribution in [-0.4, -0.2) is 78.7 Å². The van der Waals surface area contributed by atoms with Crippen LogP contribution in [0.2, 0.25) is 0 Å². The third-order valence-electron chi connectivity index (χ3n) is 7.19. The molecular weight excluding hydrogens is 504 g/mol. The standard InChI is InChI=1S/C27H28N6O6/c1-37-27(4-5-27)17-39-23-10-24(29-12-20(23)11-28)31-26(36)33-6-2-3-18-9-19(22(15-35)30-25(18)33)13-32-7-8-38-16-21(32)14-34/h9-10,12,15H,2-8,13,16-17H2,1H3,(H,29,31,36). The molecule has 1 N–H and O–H groups in total. The van der Waals surface area contributed by atoms with Crippen LogP contribution in [0.4, 0.5) is 16.4 Å². The predicted octanol–water partition coefficient (Wildman–Crippen LogP) is 2.25. The molecule has 4 heterocycles. The van der Waals surface area contributed by atoms with Crippen molar-refractivity contribution in [2.75, 3.05) is 50.2 Å². The van der Waals surface area contributed by atoms with E-state index in [2.05, 4.69) is 21.4 Å². The van der Waals surface area contributed by atoms with Crippen LogP contribution in [0.15, 0.2) is 24.0 Å². The number of pyridine rings is 2. The first kappa shape index (κ1) is 26.3. The van der Waals surface area contributed by atoms with Crippen molar-refractivity contribution in [1.82, 2.24) is 14.9 Å². The molecule has 3 aliphatic rings. The number of ether oxygens (including phenoxy) is 3. The van der Waals surface area contributed by atoms with Crippen LogP contribution in [0.1, 0.15) is 46.4 Å². The van der Waals surface area contributed by atoms with E-state index in [0.29, 0.717) is 74.8 Å². The Bertz CT molecular complexity index is 1380. The molecule has 2 amide bonds. The molecule has 0 atom stereocenters. The average molecular weight is 533 g/mol. The van der Waals surface area contributed by atoms with Gasteiger partial charge in [-0.15, -0.1) is 0 Å². The molecule has 0 unspecified atom stereocenters. The van der Waals surface area contributed by atoms with Gasteiger partial charge in [-0.1, -0.05) is 0 Å². The van der Waals surface area contributed by atoms with Gasteiger partial charge in [-0.2, -0.15) is 5.26 Å². The number of rotatable bonds is 8. The summed E-state index contributed by atoms with van der Waals surface area (Å²) in [7, 11) is 1.63. The number of morpholine rings is 1. The highest BCUT2D eigenvalue weighted by Crippen LogP contribution is 2.39. The van der Waals surface area contributed by atoms with E-state index in [1.165, 1.54) is 17.2 Å². The maximum Gasteiger partial charge on any atom is 0.328 e. The van der Waals surface area contributed by atoms with Gasteiger partial charge >= 0.3 is 6.03 Å². The summed E-state index contributed by atoms with van der Waals surface area (Å²) in [5, 5.41) is 12.2. The van der Waals surface area contributed by atoms with E-state index in [4.69, 9.17) is 14.2 Å². The predicted molar refractivity (Wildman–Crippen MR) is 138 cm³/mol. The van der Waals surface area contributed by atoms with E-state index in [1.54, 1.807) is 7.11 Å². The van der Waals surface area contributed by atoms with Gasteiger partial charge in [-0.3, -0.25) is 15.0 Å². The summed E-state index contributed by atoms with van der Waals surface area (Å²) in [5.41, 5.74) is 2.01. The Morgan fingerprint density at radius 1 is 1.33 bits per heavy atom. The number of anilines is 2. The first-order valence-electron chi connectivity index (χ1n) is 12.7. The highest BCUT2D eigenvalue weighted by atomic mass is 16.5. The topological polar surface area (TPSA) is 147 Å². The van der Waals surface area contributed by atoms with Crippen LogP contribution in [0.5, 0.6) is 5.75 Å². The third kappa shape index (κ3) is 5.61. The van der Waals surface area contributed by atoms with E-state index in [9.17, 15) is 19.6 Å². The molecule has 1 saturated heterocycles. The minimum absolute atomic E-state index is 0.176. The van der Waals surface area contributed by atoms with E-state index in [1.807, 2.05) is 16.9 Å². The van der Waals surface area contributed by atoms with Crippen LogP contribution < -0.4 is 15.0 Å². The number of carbonyl (C=O) groups excluding carboxylic acids is 3. The van der Waals surface area contributed by atoms with Crippen molar-refractivity contribution < 1.29 is 28.6 Å². The Morgan fingerprint density at radius 3 is 2.90 bits per heavy atom. The second-order valence-corrected chi connectivity index (χ2v) is 9.69. The Kier molecular flexibility index (Phi) is 7.56. The van der Waals surface area contributed by atoms with E-state index in [-0.39, 0.29) is 29.3 Å². The first-order valence-corrected chi connectivity index (χ1v) is 12.7. The molecule has 1 aliphatic carbocycles. The molecule has 2 fully saturated rings. The number of carbonyl (C=O) groups is 2. The Balaban J connectivity index is 1.34. The normalized spacial score (nSPS) is 17.5. The fourth-order valence-electron chi connectivity index (χ4n) is 4.67. The Labute approximate surface area is 225 Å². The molecule has 2 aliphatic heterocycles. The summed E-state index contributed by atoms with van der Waals surface area (Å²) in [6, 6.07) is 4.98. The molecule has 0 spiro atoms. The van der Waals surface area contributed by atoms with E-state index < -0.39 is 6.03 Å². The second-order valence-electron chi connectivity index (χ2n) is 9.69. The quantitative estimate of drug-likeness (QED) is 0.397. The van der Waals surface area contributed by atoms with Gasteiger partial charge in [0.1, 0.15) is 58.6 Å². The number of nitriles is 1. The molecule has 0 aromatic carbocycles. The van der Waals surface area contributed by atoms with Gasteiger partial charge in [0.05, 0.1) is 19.4 Å². The minimum Gasteiger partial charge on any atom is -0.489 e. The SMILES string of the molecule is COC1(COc2cc(NC(=O)N3CCCc4cc(CN5CCOCC5=C=O)c(C=O)nc43)ncc2C#N)CC1. The van der Waals surface area contributed by atoms with Crippen molar-refractivity contribution in [3.05, 3.63) is 46.4 Å². The second kappa shape index (κ2) is 11.2. The lowest BCUT2D eigenvalue weighted by Crippen LogP contribution is -2.40. The summed E-state index contributed by atoms with van der Waals surface area (Å²) >= 11 is 0. The lowest BCUT2D eigenvalue weighted by Gasteiger charge is -2.31. The van der Waals surface area contributed by atoms with Crippen molar-refractivity contribution >= 4 is 29.9 Å².